The van der Waals surface area contributed by atoms with Crippen molar-refractivity contribution in [3.05, 3.63) is 102 Å². The van der Waals surface area contributed by atoms with Crippen molar-refractivity contribution in [1.29, 1.82) is 10.5 Å². The number of halogens is 5. The van der Waals surface area contributed by atoms with Crippen molar-refractivity contribution in [3.63, 3.8) is 0 Å². The molecule has 2 N–H and O–H groups in total. The molecule has 6 aromatic rings. The van der Waals surface area contributed by atoms with E-state index in [0.717, 1.165) is 25.5 Å². The first kappa shape index (κ1) is 54.7. The Kier molecular flexibility index (Phi) is 15.7. The van der Waals surface area contributed by atoms with Crippen LogP contribution in [0, 0.1) is 40.1 Å². The van der Waals surface area contributed by atoms with E-state index in [2.05, 4.69) is 44.4 Å². The van der Waals surface area contributed by atoms with Crippen LogP contribution in [0.2, 0.25) is 0 Å². The number of amides is 2. The molecule has 0 aliphatic carbocycles. The lowest BCUT2D eigenvalue weighted by molar-refractivity contribution is -0.132. The van der Waals surface area contributed by atoms with Gasteiger partial charge in [0, 0.05) is 75.9 Å². The van der Waals surface area contributed by atoms with Crippen molar-refractivity contribution in [2.45, 2.75) is 62.2 Å². The number of carbonyl (C=O) groups is 2. The molecule has 4 aromatic heterocycles. The van der Waals surface area contributed by atoms with E-state index in [1.165, 1.54) is 34.1 Å². The van der Waals surface area contributed by atoms with Gasteiger partial charge in [0.1, 0.15) is 47.1 Å². The minimum Gasteiger partial charge on any atom is -0.507 e. The van der Waals surface area contributed by atoms with Gasteiger partial charge in [0.15, 0.2) is 22.9 Å². The number of rotatable bonds is 15. The van der Waals surface area contributed by atoms with Crippen LogP contribution in [0.5, 0.6) is 11.8 Å². The first-order valence-corrected chi connectivity index (χ1v) is 26.2. The van der Waals surface area contributed by atoms with Crippen LogP contribution in [0.25, 0.3) is 44.6 Å². The molecule has 414 valence electrons. The summed E-state index contributed by atoms with van der Waals surface area (Å²) in [6, 6.07) is 15.5. The molecule has 0 radical (unpaired) electrons. The second-order valence-electron chi connectivity index (χ2n) is 20.5. The number of aromatic hydroxyl groups is 1. The molecule has 2 aromatic carbocycles. The summed E-state index contributed by atoms with van der Waals surface area (Å²) in [4.78, 5) is 64.1. The topological polar surface area (TPSA) is 220 Å². The monoisotopic (exact) mass is 1100 g/mol. The highest BCUT2D eigenvalue weighted by Crippen LogP contribution is 2.41. The van der Waals surface area contributed by atoms with Gasteiger partial charge in [-0.05, 0) is 81.9 Å². The molecular weight excluding hydrogens is 1040 g/mol. The fraction of sp³-hybridized carbons (Fsp3) is 0.393. The number of likely N-dealkylation sites (tertiary alicyclic amines) is 2. The zero-order valence-corrected chi connectivity index (χ0v) is 43.9. The Hall–Kier alpha value is -8.61. The Bertz CT molecular complexity index is 3520. The molecule has 0 saturated carbocycles. The molecule has 0 bridgehead atoms. The summed E-state index contributed by atoms with van der Waals surface area (Å²) in [5, 5.41) is 34.6. The summed E-state index contributed by atoms with van der Waals surface area (Å²) < 4.78 is 82.7. The maximum absolute atomic E-state index is 17.3. The van der Waals surface area contributed by atoms with Crippen molar-refractivity contribution in [3.8, 4) is 46.4 Å². The molecule has 2 amide bonds. The molecule has 4 aliphatic rings. The molecule has 5 unspecified atom stereocenters. The number of carbonyl (C=O) groups excluding carboxylic acids is 2. The highest BCUT2D eigenvalue weighted by atomic mass is 19.1. The second-order valence-corrected chi connectivity index (χ2v) is 20.5. The molecule has 10 rings (SSSR count). The molecule has 19 nitrogen and oxygen atoms in total. The number of phenols is 1. The Morgan fingerprint density at radius 1 is 0.738 bits per heavy atom. The average molecular weight is 1100 g/mol. The molecular formula is C56H56F5N15O4. The van der Waals surface area contributed by atoms with Crippen molar-refractivity contribution in [2.75, 3.05) is 94.7 Å². The number of benzene rings is 2. The van der Waals surface area contributed by atoms with Crippen LogP contribution in [0.3, 0.4) is 0 Å². The fourth-order valence-electron chi connectivity index (χ4n) is 11.4. The molecule has 80 heavy (non-hydrogen) atoms. The van der Waals surface area contributed by atoms with Crippen LogP contribution in [-0.2, 0) is 9.59 Å². The normalized spacial score (nSPS) is 20.7. The molecule has 4 saturated heterocycles. The highest BCUT2D eigenvalue weighted by Gasteiger charge is 2.37. The molecule has 4 fully saturated rings. The number of ether oxygens (including phenoxy) is 1. The molecule has 8 heterocycles. The summed E-state index contributed by atoms with van der Waals surface area (Å²) in [5.74, 6) is -6.43. The Morgan fingerprint density at radius 3 is 2.04 bits per heavy atom. The summed E-state index contributed by atoms with van der Waals surface area (Å²) in [7, 11) is 3.89. The number of nitrogens with one attached hydrogen (secondary N) is 1. The van der Waals surface area contributed by atoms with Gasteiger partial charge < -0.3 is 44.6 Å². The predicted octanol–water partition coefficient (Wildman–Crippen LogP) is 7.02. The van der Waals surface area contributed by atoms with E-state index in [1.807, 2.05) is 30.0 Å². The zero-order valence-electron chi connectivity index (χ0n) is 43.9. The number of piperazine rings is 2. The predicted molar refractivity (Wildman–Crippen MR) is 287 cm³/mol. The summed E-state index contributed by atoms with van der Waals surface area (Å²) in [6.07, 6.45) is 2.12. The van der Waals surface area contributed by atoms with Gasteiger partial charge in [-0.15, -0.1) is 0 Å². The first-order valence-electron chi connectivity index (χ1n) is 26.2. The van der Waals surface area contributed by atoms with E-state index in [-0.39, 0.29) is 146 Å². The lowest BCUT2D eigenvalue weighted by Gasteiger charge is -2.41. The third-order valence-electron chi connectivity index (χ3n) is 15.6. The van der Waals surface area contributed by atoms with E-state index >= 15 is 13.2 Å². The molecule has 4 aliphatic heterocycles. The van der Waals surface area contributed by atoms with Crippen molar-refractivity contribution < 1.29 is 41.4 Å². The average Bonchev–Trinajstić information content (AvgIpc) is 4.04. The second kappa shape index (κ2) is 23.0. The Morgan fingerprint density at radius 2 is 1.40 bits per heavy atom. The summed E-state index contributed by atoms with van der Waals surface area (Å²) in [5.41, 5.74) is 0.0482. The van der Waals surface area contributed by atoms with Gasteiger partial charge in [-0.25, -0.2) is 31.9 Å². The van der Waals surface area contributed by atoms with E-state index in [4.69, 9.17) is 19.7 Å². The number of nitrogens with zero attached hydrogens (tertiary/aromatic N) is 14. The number of phenolic OH excluding ortho intramolecular Hbond substituents is 1. The number of aromatic nitrogens is 6. The van der Waals surface area contributed by atoms with Crippen molar-refractivity contribution in [1.82, 2.24) is 49.5 Å². The van der Waals surface area contributed by atoms with E-state index < -0.39 is 53.0 Å². The van der Waals surface area contributed by atoms with Crippen LogP contribution in [-0.4, -0.2) is 170 Å². The third kappa shape index (κ3) is 10.9. The van der Waals surface area contributed by atoms with E-state index in [1.54, 1.807) is 29.2 Å². The summed E-state index contributed by atoms with van der Waals surface area (Å²) in [6.45, 7) is 8.65. The van der Waals surface area contributed by atoms with Gasteiger partial charge in [-0.2, -0.15) is 30.5 Å². The Labute approximate surface area is 457 Å². The quantitative estimate of drug-likeness (QED) is 0.0779. The van der Waals surface area contributed by atoms with Gasteiger partial charge in [0.25, 0.3) is 11.8 Å². The van der Waals surface area contributed by atoms with Crippen molar-refractivity contribution >= 4 is 51.5 Å². The lowest BCUT2D eigenvalue weighted by atomic mass is 9.92. The molecule has 5 atom stereocenters. The lowest BCUT2D eigenvalue weighted by Crippen LogP contribution is -2.55. The Balaban J connectivity index is 0.929. The number of nitriles is 2. The smallest absolute Gasteiger partial charge is 0.320 e. The van der Waals surface area contributed by atoms with Gasteiger partial charge >= 0.3 is 6.01 Å². The number of hydrogen-bond acceptors (Lipinski definition) is 17. The number of anilines is 3. The number of likely N-dealkylation sites (N-methyl/N-ethyl adjacent to an activating group) is 2. The minimum atomic E-state index is -1.17. The van der Waals surface area contributed by atoms with Crippen LogP contribution in [0.15, 0.2) is 79.4 Å². The first-order chi connectivity index (χ1) is 38.5. The number of hydrogen-bond donors (Lipinski definition) is 2. The van der Waals surface area contributed by atoms with Gasteiger partial charge in [-0.3, -0.25) is 9.59 Å². The van der Waals surface area contributed by atoms with Crippen LogP contribution >= 0.6 is 0 Å². The maximum Gasteiger partial charge on any atom is 0.320 e. The van der Waals surface area contributed by atoms with Crippen molar-refractivity contribution in [2.24, 2.45) is 0 Å². The zero-order chi connectivity index (χ0) is 56.5. The van der Waals surface area contributed by atoms with Crippen LogP contribution in [0.4, 0.5) is 39.5 Å². The largest absolute Gasteiger partial charge is 0.507 e. The number of pyridine rings is 2. The molecule has 24 heteroatoms. The highest BCUT2D eigenvalue weighted by molar-refractivity contribution is 5.93. The SMILES string of the molecule is C=C(F)C(=O)N1CCN(c2nc(OCC3CCCN3C)nc3nc(-c4c(O)ccc(C5CC(CNc6nc(N7CCN(C(=O)C(=C)F)C(CC#N)C7)c7cc(F)c(-c8ccccc8F)nc7n6)N(C)C5)c4F)ccc23)CC1CC#N. The minimum absolute atomic E-state index is 0.00152. The van der Waals surface area contributed by atoms with Gasteiger partial charge in [0.05, 0.1) is 59.1 Å². The van der Waals surface area contributed by atoms with E-state index in [0.29, 0.717) is 29.7 Å². The standard InChI is InChI=1S/C56H56F5N15O4/c1-31(57)53(78)75-22-20-73(28-34(75)15-17-62)51-40-11-13-44(65-49(40)68-56(70-51)80-30-36-8-7-19-71(36)3)46-45(77)14-12-38(47(46)61)33-24-37(72(4)27-33)26-64-55-67-50-41(25-43(60)48(66-50)39-9-5-6-10-42(39)59)52(69-55)74-21-23-76(54(79)32(2)58)35(29-74)16-18-63/h5-6,9-14,25,33-37,77H,1-2,7-8,15-16,19-24,26-30H2,3-4H3,(H,64,66,67,69). The maximum atomic E-state index is 17.3. The molecule has 0 spiro atoms. The summed E-state index contributed by atoms with van der Waals surface area (Å²) >= 11 is 0. The van der Waals surface area contributed by atoms with E-state index in [9.17, 15) is 34.0 Å². The number of fused-ring (bicyclic) bond motifs is 2. The third-order valence-corrected chi connectivity index (χ3v) is 15.6. The van der Waals surface area contributed by atoms with Crippen LogP contribution in [0.1, 0.15) is 43.6 Å². The van der Waals surface area contributed by atoms with Gasteiger partial charge in [0.2, 0.25) is 5.95 Å². The van der Waals surface area contributed by atoms with Gasteiger partial charge in [-0.1, -0.05) is 31.4 Å². The fourth-order valence-corrected chi connectivity index (χ4v) is 11.4. The van der Waals surface area contributed by atoms with Crippen LogP contribution < -0.4 is 19.9 Å².